The van der Waals surface area contributed by atoms with E-state index in [0.717, 1.165) is 12.8 Å². The summed E-state index contributed by atoms with van der Waals surface area (Å²) in [6.45, 7) is 9.17. The second kappa shape index (κ2) is 6.92. The maximum Gasteiger partial charge on any atom is 0.323 e. The van der Waals surface area contributed by atoms with Crippen LogP contribution in [0.2, 0.25) is 0 Å². The van der Waals surface area contributed by atoms with E-state index in [-0.39, 0.29) is 18.7 Å². The van der Waals surface area contributed by atoms with E-state index in [1.165, 1.54) is 4.90 Å². The molecule has 0 saturated carbocycles. The van der Waals surface area contributed by atoms with Gasteiger partial charge in [-0.3, -0.25) is 4.79 Å². The van der Waals surface area contributed by atoms with E-state index in [4.69, 9.17) is 9.84 Å². The first kappa shape index (κ1) is 16.8. The number of carboxylic acids is 1. The van der Waals surface area contributed by atoms with Gasteiger partial charge < -0.3 is 19.6 Å². The van der Waals surface area contributed by atoms with Crippen LogP contribution < -0.4 is 0 Å². The van der Waals surface area contributed by atoms with E-state index >= 15 is 0 Å². The van der Waals surface area contributed by atoms with Crippen LogP contribution in [0.3, 0.4) is 0 Å². The Labute approximate surface area is 120 Å². The summed E-state index contributed by atoms with van der Waals surface area (Å²) in [4.78, 5) is 26.6. The summed E-state index contributed by atoms with van der Waals surface area (Å²) in [7, 11) is 0. The lowest BCUT2D eigenvalue weighted by molar-refractivity contribution is -0.138. The Morgan fingerprint density at radius 1 is 1.30 bits per heavy atom. The minimum atomic E-state index is -0.988. The molecule has 0 spiro atoms. The number of amides is 2. The first-order valence-corrected chi connectivity index (χ1v) is 7.15. The number of piperidine rings is 1. The molecular weight excluding hydrogens is 260 g/mol. The molecule has 116 valence electrons. The standard InChI is InChI=1S/C14H26N2O4/c1-5-20-11-6-8-15(9-7-11)13(19)16(10-12(17)18)14(2,3)4/h11H,5-10H2,1-4H3,(H,17,18). The second-order valence-corrected chi connectivity index (χ2v) is 6.08. The summed E-state index contributed by atoms with van der Waals surface area (Å²) in [5.74, 6) is -0.988. The number of hydrogen-bond donors (Lipinski definition) is 1. The van der Waals surface area contributed by atoms with Crippen molar-refractivity contribution < 1.29 is 19.4 Å². The molecule has 0 aromatic rings. The fourth-order valence-corrected chi connectivity index (χ4v) is 2.35. The van der Waals surface area contributed by atoms with Crippen LogP contribution in [0, 0.1) is 0 Å². The monoisotopic (exact) mass is 286 g/mol. The molecule has 6 heteroatoms. The quantitative estimate of drug-likeness (QED) is 0.855. The topological polar surface area (TPSA) is 70.1 Å². The minimum absolute atomic E-state index is 0.199. The van der Waals surface area contributed by atoms with Crippen molar-refractivity contribution >= 4 is 12.0 Å². The number of urea groups is 1. The van der Waals surface area contributed by atoms with Gasteiger partial charge in [0.2, 0.25) is 0 Å². The lowest BCUT2D eigenvalue weighted by atomic mass is 10.1. The highest BCUT2D eigenvalue weighted by molar-refractivity contribution is 5.81. The number of carbonyl (C=O) groups excluding carboxylic acids is 1. The molecular formula is C14H26N2O4. The molecule has 0 aromatic carbocycles. The van der Waals surface area contributed by atoms with Crippen LogP contribution in [0.4, 0.5) is 4.79 Å². The molecule has 2 amide bonds. The Balaban J connectivity index is 2.65. The zero-order valence-corrected chi connectivity index (χ0v) is 12.9. The van der Waals surface area contributed by atoms with Crippen molar-refractivity contribution in [2.75, 3.05) is 26.2 Å². The van der Waals surface area contributed by atoms with Crippen molar-refractivity contribution in [1.82, 2.24) is 9.80 Å². The van der Waals surface area contributed by atoms with Crippen molar-refractivity contribution in [2.24, 2.45) is 0 Å². The highest BCUT2D eigenvalue weighted by Crippen LogP contribution is 2.20. The fourth-order valence-electron chi connectivity index (χ4n) is 2.35. The van der Waals surface area contributed by atoms with Crippen LogP contribution in [0.5, 0.6) is 0 Å². The first-order chi connectivity index (χ1) is 9.25. The average molecular weight is 286 g/mol. The van der Waals surface area contributed by atoms with E-state index in [1.807, 2.05) is 27.7 Å². The lowest BCUT2D eigenvalue weighted by Crippen LogP contribution is -2.55. The molecule has 1 rings (SSSR count). The molecule has 1 N–H and O–H groups in total. The van der Waals surface area contributed by atoms with Crippen LogP contribution in [0.1, 0.15) is 40.5 Å². The smallest absolute Gasteiger partial charge is 0.323 e. The maximum absolute atomic E-state index is 12.5. The second-order valence-electron chi connectivity index (χ2n) is 6.08. The number of hydrogen-bond acceptors (Lipinski definition) is 3. The minimum Gasteiger partial charge on any atom is -0.480 e. The number of rotatable bonds is 4. The summed E-state index contributed by atoms with van der Waals surface area (Å²) in [6.07, 6.45) is 1.83. The Morgan fingerprint density at radius 2 is 1.85 bits per heavy atom. The van der Waals surface area contributed by atoms with Gasteiger partial charge in [0.25, 0.3) is 0 Å². The van der Waals surface area contributed by atoms with Crippen molar-refractivity contribution in [1.29, 1.82) is 0 Å². The first-order valence-electron chi connectivity index (χ1n) is 7.15. The number of nitrogens with zero attached hydrogens (tertiary/aromatic N) is 2. The number of aliphatic carboxylic acids is 1. The normalized spacial score (nSPS) is 17.1. The third-order valence-corrected chi connectivity index (χ3v) is 3.45. The van der Waals surface area contributed by atoms with Crippen LogP contribution in [0.25, 0.3) is 0 Å². The van der Waals surface area contributed by atoms with E-state index in [9.17, 15) is 9.59 Å². The number of ether oxygens (including phenoxy) is 1. The van der Waals surface area contributed by atoms with Crippen molar-refractivity contribution in [3.8, 4) is 0 Å². The van der Waals surface area contributed by atoms with Crippen LogP contribution in [0.15, 0.2) is 0 Å². The Kier molecular flexibility index (Phi) is 5.80. The number of carbonyl (C=O) groups is 2. The van der Waals surface area contributed by atoms with Gasteiger partial charge in [-0.1, -0.05) is 0 Å². The predicted molar refractivity (Wildman–Crippen MR) is 75.7 cm³/mol. The molecule has 0 unspecified atom stereocenters. The molecule has 0 aliphatic carbocycles. The fraction of sp³-hybridized carbons (Fsp3) is 0.857. The highest BCUT2D eigenvalue weighted by atomic mass is 16.5. The SMILES string of the molecule is CCOC1CCN(C(=O)N(CC(=O)O)C(C)(C)C)CC1. The van der Waals surface area contributed by atoms with E-state index in [0.29, 0.717) is 19.7 Å². The van der Waals surface area contributed by atoms with Gasteiger partial charge >= 0.3 is 12.0 Å². The van der Waals surface area contributed by atoms with E-state index in [2.05, 4.69) is 0 Å². The van der Waals surface area contributed by atoms with Gasteiger partial charge in [-0.25, -0.2) is 4.79 Å². The Hall–Kier alpha value is -1.30. The Bertz CT molecular complexity index is 344. The summed E-state index contributed by atoms with van der Waals surface area (Å²) in [5, 5.41) is 8.97. The molecule has 6 nitrogen and oxygen atoms in total. The van der Waals surface area contributed by atoms with Gasteiger partial charge in [-0.15, -0.1) is 0 Å². The lowest BCUT2D eigenvalue weighted by Gasteiger charge is -2.40. The maximum atomic E-state index is 12.5. The molecule has 0 bridgehead atoms. The largest absolute Gasteiger partial charge is 0.480 e. The third-order valence-electron chi connectivity index (χ3n) is 3.45. The van der Waals surface area contributed by atoms with Gasteiger partial charge in [-0.05, 0) is 40.5 Å². The van der Waals surface area contributed by atoms with E-state index < -0.39 is 11.5 Å². The van der Waals surface area contributed by atoms with Gasteiger partial charge in [0, 0.05) is 25.2 Å². The average Bonchev–Trinajstić information content (AvgIpc) is 2.35. The molecule has 1 saturated heterocycles. The highest BCUT2D eigenvalue weighted by Gasteiger charge is 2.33. The van der Waals surface area contributed by atoms with Gasteiger partial charge in [0.05, 0.1) is 6.10 Å². The Morgan fingerprint density at radius 3 is 2.25 bits per heavy atom. The zero-order chi connectivity index (χ0) is 15.3. The zero-order valence-electron chi connectivity index (χ0n) is 12.9. The van der Waals surface area contributed by atoms with Crippen molar-refractivity contribution in [2.45, 2.75) is 52.2 Å². The molecule has 1 aliphatic rings. The predicted octanol–water partition coefficient (Wildman–Crippen LogP) is 1.79. The summed E-state index contributed by atoms with van der Waals surface area (Å²) in [6, 6.07) is -0.199. The van der Waals surface area contributed by atoms with Crippen LogP contribution in [-0.4, -0.2) is 64.8 Å². The molecule has 0 radical (unpaired) electrons. The molecule has 0 atom stereocenters. The summed E-state index contributed by atoms with van der Waals surface area (Å²) in [5.41, 5.74) is -0.508. The number of likely N-dealkylation sites (tertiary alicyclic amines) is 1. The van der Waals surface area contributed by atoms with Crippen LogP contribution >= 0.6 is 0 Å². The van der Waals surface area contributed by atoms with Crippen LogP contribution in [-0.2, 0) is 9.53 Å². The molecule has 1 aliphatic heterocycles. The number of carboxylic acid groups (broad SMARTS) is 1. The molecule has 1 heterocycles. The molecule has 1 fully saturated rings. The third kappa shape index (κ3) is 4.67. The van der Waals surface area contributed by atoms with Gasteiger partial charge in [-0.2, -0.15) is 0 Å². The van der Waals surface area contributed by atoms with Crippen molar-refractivity contribution in [3.05, 3.63) is 0 Å². The summed E-state index contributed by atoms with van der Waals surface area (Å²) < 4.78 is 5.56. The molecule has 0 aromatic heterocycles. The van der Waals surface area contributed by atoms with Crippen molar-refractivity contribution in [3.63, 3.8) is 0 Å². The summed E-state index contributed by atoms with van der Waals surface area (Å²) >= 11 is 0. The van der Waals surface area contributed by atoms with Gasteiger partial charge in [0.1, 0.15) is 6.54 Å². The van der Waals surface area contributed by atoms with E-state index in [1.54, 1.807) is 4.90 Å². The molecule has 20 heavy (non-hydrogen) atoms. The van der Waals surface area contributed by atoms with Gasteiger partial charge in [0.15, 0.2) is 0 Å².